The van der Waals surface area contributed by atoms with Crippen molar-refractivity contribution < 1.29 is 0 Å². The molecular formula is C24H26N4O. The van der Waals surface area contributed by atoms with Gasteiger partial charge in [0.25, 0.3) is 5.56 Å². The van der Waals surface area contributed by atoms with Crippen LogP contribution < -0.4 is 16.6 Å². The molecule has 5 nitrogen and oxygen atoms in total. The molecule has 4 rings (SSSR count). The predicted molar refractivity (Wildman–Crippen MR) is 118 cm³/mol. The first kappa shape index (κ1) is 19.0. The number of guanidine groups is 1. The largest absolute Gasteiger partial charge is 0.370 e. The fourth-order valence-corrected chi connectivity index (χ4v) is 3.79. The maximum atomic E-state index is 11.8. The van der Waals surface area contributed by atoms with Crippen LogP contribution in [0, 0.1) is 0 Å². The van der Waals surface area contributed by atoms with Crippen LogP contribution >= 0.6 is 0 Å². The van der Waals surface area contributed by atoms with Gasteiger partial charge in [0, 0.05) is 18.0 Å². The molecular weight excluding hydrogens is 360 g/mol. The minimum Gasteiger partial charge on any atom is -0.370 e. The van der Waals surface area contributed by atoms with Gasteiger partial charge in [-0.3, -0.25) is 4.79 Å². The Balaban J connectivity index is 1.39. The summed E-state index contributed by atoms with van der Waals surface area (Å²) in [6.45, 7) is 1.07. The van der Waals surface area contributed by atoms with Gasteiger partial charge >= 0.3 is 0 Å². The Kier molecular flexibility index (Phi) is 5.75. The van der Waals surface area contributed by atoms with Crippen LogP contribution in [0.15, 0.2) is 76.6 Å². The molecule has 0 saturated carbocycles. The van der Waals surface area contributed by atoms with Gasteiger partial charge in [-0.15, -0.1) is 0 Å². The molecule has 3 N–H and O–H groups in total. The van der Waals surface area contributed by atoms with Crippen LogP contribution in [0.1, 0.15) is 35.1 Å². The zero-order chi connectivity index (χ0) is 20.1. The molecule has 2 aromatic carbocycles. The summed E-state index contributed by atoms with van der Waals surface area (Å²) in [5.74, 6) is 0.434. The highest BCUT2D eigenvalue weighted by atomic mass is 16.1. The van der Waals surface area contributed by atoms with E-state index in [4.69, 9.17) is 5.73 Å². The van der Waals surface area contributed by atoms with Crippen molar-refractivity contribution >= 4 is 11.6 Å². The zero-order valence-corrected chi connectivity index (χ0v) is 16.5. The van der Waals surface area contributed by atoms with Crippen molar-refractivity contribution in [1.29, 1.82) is 0 Å². The quantitative estimate of drug-likeness (QED) is 0.519. The van der Waals surface area contributed by atoms with Gasteiger partial charge in [-0.25, -0.2) is 4.99 Å². The van der Waals surface area contributed by atoms with E-state index in [-0.39, 0.29) is 5.56 Å². The first-order valence-corrected chi connectivity index (χ1v) is 10.1. The molecule has 1 aromatic heterocycles. The van der Waals surface area contributed by atoms with E-state index in [9.17, 15) is 4.79 Å². The Morgan fingerprint density at radius 1 is 0.966 bits per heavy atom. The van der Waals surface area contributed by atoms with Crippen LogP contribution in [0.4, 0.5) is 5.69 Å². The summed E-state index contributed by atoms with van der Waals surface area (Å²) >= 11 is 0. The lowest BCUT2D eigenvalue weighted by Gasteiger charge is -2.19. The molecule has 1 aliphatic rings. The molecule has 0 spiro atoms. The van der Waals surface area contributed by atoms with Crippen molar-refractivity contribution in [1.82, 2.24) is 4.57 Å². The number of nitrogens with zero attached hydrogens (tertiary/aromatic N) is 2. The summed E-state index contributed by atoms with van der Waals surface area (Å²) in [6.07, 6.45) is 6.52. The van der Waals surface area contributed by atoms with E-state index >= 15 is 0 Å². The van der Waals surface area contributed by atoms with Crippen molar-refractivity contribution in [2.24, 2.45) is 10.7 Å². The van der Waals surface area contributed by atoms with Crippen molar-refractivity contribution in [3.63, 3.8) is 0 Å². The average Bonchev–Trinajstić information content (AvgIpc) is 2.75. The molecule has 5 heteroatoms. The molecule has 0 saturated heterocycles. The van der Waals surface area contributed by atoms with Crippen LogP contribution in [0.3, 0.4) is 0 Å². The Labute approximate surface area is 170 Å². The summed E-state index contributed by atoms with van der Waals surface area (Å²) in [5.41, 5.74) is 12.2. The Hall–Kier alpha value is -3.34. The van der Waals surface area contributed by atoms with Crippen molar-refractivity contribution in [2.45, 2.75) is 38.8 Å². The standard InChI is InChI=1S/C24H26N4O/c25-24(27-22-9-5-7-20-6-1-2-8-21(20)22)26-16-18-11-13-19(14-12-18)17-28-15-4-3-10-23(28)29/h3-5,7,9-15H,1-2,6,8,16-17H2,(H3,25,26,27). The molecule has 1 aliphatic carbocycles. The van der Waals surface area contributed by atoms with Crippen LogP contribution in [0.25, 0.3) is 0 Å². The second-order valence-electron chi connectivity index (χ2n) is 7.46. The molecule has 0 fully saturated rings. The zero-order valence-electron chi connectivity index (χ0n) is 16.5. The normalized spacial score (nSPS) is 13.7. The molecule has 0 unspecified atom stereocenters. The lowest BCUT2D eigenvalue weighted by atomic mass is 9.90. The van der Waals surface area contributed by atoms with E-state index in [1.54, 1.807) is 22.9 Å². The van der Waals surface area contributed by atoms with E-state index < -0.39 is 0 Å². The highest BCUT2D eigenvalue weighted by Gasteiger charge is 2.13. The van der Waals surface area contributed by atoms with Gasteiger partial charge in [0.05, 0.1) is 13.1 Å². The lowest BCUT2D eigenvalue weighted by Crippen LogP contribution is -2.24. The Bertz CT molecular complexity index is 1070. The molecule has 3 aromatic rings. The molecule has 0 atom stereocenters. The second-order valence-corrected chi connectivity index (χ2v) is 7.46. The van der Waals surface area contributed by atoms with Gasteiger partial charge in [0.1, 0.15) is 0 Å². The number of aliphatic imine (C=N–C) groups is 1. The maximum absolute atomic E-state index is 11.8. The molecule has 148 valence electrons. The fraction of sp³-hybridized carbons (Fsp3) is 0.250. The van der Waals surface area contributed by atoms with Gasteiger partial charge in [-0.2, -0.15) is 0 Å². The fourth-order valence-electron chi connectivity index (χ4n) is 3.79. The van der Waals surface area contributed by atoms with E-state index in [1.807, 2.05) is 30.3 Å². The number of hydrogen-bond donors (Lipinski definition) is 2. The topological polar surface area (TPSA) is 72.4 Å². The van der Waals surface area contributed by atoms with E-state index in [0.717, 1.165) is 29.7 Å². The van der Waals surface area contributed by atoms with E-state index in [2.05, 4.69) is 28.5 Å². The summed E-state index contributed by atoms with van der Waals surface area (Å²) in [4.78, 5) is 16.3. The number of aromatic nitrogens is 1. The van der Waals surface area contributed by atoms with Crippen LogP contribution in [0.5, 0.6) is 0 Å². The van der Waals surface area contributed by atoms with Crippen LogP contribution in [-0.2, 0) is 25.9 Å². The number of pyridine rings is 1. The van der Waals surface area contributed by atoms with Crippen molar-refractivity contribution in [3.05, 3.63) is 99.5 Å². The number of anilines is 1. The first-order valence-electron chi connectivity index (χ1n) is 10.1. The monoisotopic (exact) mass is 386 g/mol. The Morgan fingerprint density at radius 2 is 1.76 bits per heavy atom. The number of hydrogen-bond acceptors (Lipinski definition) is 2. The molecule has 0 amide bonds. The van der Waals surface area contributed by atoms with E-state index in [1.165, 1.54) is 24.0 Å². The third-order valence-electron chi connectivity index (χ3n) is 5.37. The summed E-state index contributed by atoms with van der Waals surface area (Å²) in [6, 6.07) is 19.7. The number of fused-ring (bicyclic) bond motifs is 1. The SMILES string of the molecule is NC(=NCc1ccc(Cn2ccccc2=O)cc1)Nc1cccc2c1CCCC2. The number of rotatable bonds is 5. The van der Waals surface area contributed by atoms with Crippen molar-refractivity contribution in [3.8, 4) is 0 Å². The lowest BCUT2D eigenvalue weighted by molar-refractivity contribution is 0.687. The van der Waals surface area contributed by atoms with Crippen molar-refractivity contribution in [2.75, 3.05) is 5.32 Å². The summed E-state index contributed by atoms with van der Waals surface area (Å²) in [7, 11) is 0. The molecule has 0 bridgehead atoms. The third-order valence-corrected chi connectivity index (χ3v) is 5.37. The maximum Gasteiger partial charge on any atom is 0.250 e. The molecule has 1 heterocycles. The van der Waals surface area contributed by atoms with Crippen LogP contribution in [0.2, 0.25) is 0 Å². The van der Waals surface area contributed by atoms with Gasteiger partial charge in [-0.1, -0.05) is 42.5 Å². The number of nitrogens with one attached hydrogen (secondary N) is 1. The van der Waals surface area contributed by atoms with Gasteiger partial charge in [-0.05, 0) is 60.1 Å². The minimum absolute atomic E-state index is 0.00289. The minimum atomic E-state index is 0.00289. The van der Waals surface area contributed by atoms with E-state index in [0.29, 0.717) is 19.0 Å². The van der Waals surface area contributed by atoms with Gasteiger partial charge in [0.15, 0.2) is 5.96 Å². The molecule has 0 radical (unpaired) electrons. The second kappa shape index (κ2) is 8.78. The van der Waals surface area contributed by atoms with Gasteiger partial charge < -0.3 is 15.6 Å². The smallest absolute Gasteiger partial charge is 0.250 e. The average molecular weight is 386 g/mol. The predicted octanol–water partition coefficient (Wildman–Crippen LogP) is 3.70. The third kappa shape index (κ3) is 4.74. The molecule has 0 aliphatic heterocycles. The van der Waals surface area contributed by atoms with Gasteiger partial charge in [0.2, 0.25) is 0 Å². The Morgan fingerprint density at radius 3 is 2.59 bits per heavy atom. The highest BCUT2D eigenvalue weighted by Crippen LogP contribution is 2.27. The number of benzene rings is 2. The first-order chi connectivity index (χ1) is 14.2. The van der Waals surface area contributed by atoms with Crippen LogP contribution in [-0.4, -0.2) is 10.5 Å². The molecule has 29 heavy (non-hydrogen) atoms. The highest BCUT2D eigenvalue weighted by molar-refractivity contribution is 5.93. The summed E-state index contributed by atoms with van der Waals surface area (Å²) in [5, 5.41) is 3.28. The number of aryl methyl sites for hydroxylation is 1. The summed E-state index contributed by atoms with van der Waals surface area (Å²) < 4.78 is 1.69. The number of nitrogens with two attached hydrogens (primary N) is 1.